The van der Waals surface area contributed by atoms with Gasteiger partial charge in [-0.1, -0.05) is 36.4 Å². The number of carbonyl (C=O) groups excluding carboxylic acids is 2. The highest BCUT2D eigenvalue weighted by molar-refractivity contribution is 7.90. The summed E-state index contributed by atoms with van der Waals surface area (Å²) in [5.74, 6) is -0.744. The third kappa shape index (κ3) is 8.35. The SMILES string of the molecule is Cc1cc(C)cc(NC(=O)[C@@H](CCS(C)(=O)=O)NC(=O)OCc2ccccc2)c1. The number of anilines is 1. The molecule has 2 amide bonds. The summed E-state index contributed by atoms with van der Waals surface area (Å²) >= 11 is 0. The maximum absolute atomic E-state index is 12.7. The maximum atomic E-state index is 12.7. The second-order valence-corrected chi connectivity index (χ2v) is 9.30. The van der Waals surface area contributed by atoms with E-state index in [2.05, 4.69) is 10.6 Å². The monoisotopic (exact) mass is 418 g/mol. The molecule has 0 spiro atoms. The highest BCUT2D eigenvalue weighted by Crippen LogP contribution is 2.14. The van der Waals surface area contributed by atoms with E-state index in [1.807, 2.05) is 38.1 Å². The molecule has 7 nitrogen and oxygen atoms in total. The molecule has 0 aliphatic heterocycles. The highest BCUT2D eigenvalue weighted by Gasteiger charge is 2.23. The number of carbonyl (C=O) groups is 2. The number of benzene rings is 2. The molecule has 0 aliphatic rings. The molecular weight excluding hydrogens is 392 g/mol. The van der Waals surface area contributed by atoms with Crippen molar-refractivity contribution in [3.8, 4) is 0 Å². The van der Waals surface area contributed by atoms with Crippen molar-refractivity contribution in [2.75, 3.05) is 17.3 Å². The average molecular weight is 419 g/mol. The molecule has 0 aromatic heterocycles. The Kier molecular flexibility index (Phi) is 7.78. The van der Waals surface area contributed by atoms with E-state index >= 15 is 0 Å². The third-order valence-electron chi connectivity index (χ3n) is 4.09. The van der Waals surface area contributed by atoms with Gasteiger partial charge in [-0.3, -0.25) is 4.79 Å². The van der Waals surface area contributed by atoms with E-state index in [4.69, 9.17) is 4.74 Å². The predicted octanol–water partition coefficient (Wildman–Crippen LogP) is 2.97. The molecule has 0 saturated heterocycles. The summed E-state index contributed by atoms with van der Waals surface area (Å²) in [5.41, 5.74) is 3.33. The van der Waals surface area contributed by atoms with Crippen LogP contribution in [0.25, 0.3) is 0 Å². The minimum Gasteiger partial charge on any atom is -0.445 e. The largest absolute Gasteiger partial charge is 0.445 e. The number of nitrogens with one attached hydrogen (secondary N) is 2. The van der Waals surface area contributed by atoms with Crippen LogP contribution in [0.1, 0.15) is 23.1 Å². The average Bonchev–Trinajstić information content (AvgIpc) is 2.62. The first-order valence-electron chi connectivity index (χ1n) is 9.16. The Morgan fingerprint density at radius 1 is 1.03 bits per heavy atom. The Morgan fingerprint density at radius 3 is 2.24 bits per heavy atom. The third-order valence-corrected chi connectivity index (χ3v) is 5.07. The van der Waals surface area contributed by atoms with Crippen LogP contribution in [0.5, 0.6) is 0 Å². The van der Waals surface area contributed by atoms with E-state index in [1.54, 1.807) is 24.3 Å². The number of alkyl carbamates (subject to hydrolysis) is 1. The van der Waals surface area contributed by atoms with E-state index in [0.717, 1.165) is 22.9 Å². The normalized spacial score (nSPS) is 12.1. The summed E-state index contributed by atoms with van der Waals surface area (Å²) in [7, 11) is -3.30. The summed E-state index contributed by atoms with van der Waals surface area (Å²) in [6.07, 6.45) is 0.234. The fourth-order valence-corrected chi connectivity index (χ4v) is 3.45. The molecule has 1 atom stereocenters. The van der Waals surface area contributed by atoms with Crippen LogP contribution in [0, 0.1) is 13.8 Å². The lowest BCUT2D eigenvalue weighted by Crippen LogP contribution is -2.45. The number of hydrogen-bond acceptors (Lipinski definition) is 5. The molecule has 2 aromatic rings. The predicted molar refractivity (Wildman–Crippen MR) is 112 cm³/mol. The van der Waals surface area contributed by atoms with Crippen molar-refractivity contribution in [1.29, 1.82) is 0 Å². The topological polar surface area (TPSA) is 102 Å². The van der Waals surface area contributed by atoms with Gasteiger partial charge in [0.15, 0.2) is 0 Å². The Labute approximate surface area is 171 Å². The fraction of sp³-hybridized carbons (Fsp3) is 0.333. The maximum Gasteiger partial charge on any atom is 0.408 e. The lowest BCUT2D eigenvalue weighted by molar-refractivity contribution is -0.118. The van der Waals surface area contributed by atoms with Gasteiger partial charge < -0.3 is 15.4 Å². The minimum atomic E-state index is -3.30. The summed E-state index contributed by atoms with van der Waals surface area (Å²) in [6, 6.07) is 13.6. The number of ether oxygens (including phenoxy) is 1. The van der Waals surface area contributed by atoms with Crippen molar-refractivity contribution in [2.24, 2.45) is 0 Å². The van der Waals surface area contributed by atoms with Crippen LogP contribution >= 0.6 is 0 Å². The minimum absolute atomic E-state index is 0.0458. The molecule has 2 aromatic carbocycles. The van der Waals surface area contributed by atoms with E-state index in [-0.39, 0.29) is 18.8 Å². The van der Waals surface area contributed by atoms with Crippen LogP contribution in [-0.4, -0.2) is 38.5 Å². The lowest BCUT2D eigenvalue weighted by Gasteiger charge is -2.18. The molecule has 0 saturated carbocycles. The molecule has 0 fully saturated rings. The summed E-state index contributed by atoms with van der Waals surface area (Å²) in [5, 5.41) is 5.21. The van der Waals surface area contributed by atoms with Crippen molar-refractivity contribution >= 4 is 27.5 Å². The van der Waals surface area contributed by atoms with Gasteiger partial charge >= 0.3 is 6.09 Å². The standard InChI is InChI=1S/C21H26N2O5S/c1-15-11-16(2)13-18(12-15)22-20(24)19(9-10-29(3,26)27)23-21(25)28-14-17-7-5-4-6-8-17/h4-8,11-13,19H,9-10,14H2,1-3H3,(H,22,24)(H,23,25)/t19-/m1/s1. The van der Waals surface area contributed by atoms with Crippen LogP contribution < -0.4 is 10.6 Å². The number of aryl methyl sites for hydroxylation is 2. The number of hydrogen-bond donors (Lipinski definition) is 2. The van der Waals surface area contributed by atoms with Crippen molar-refractivity contribution in [3.63, 3.8) is 0 Å². The van der Waals surface area contributed by atoms with Gasteiger partial charge in [0.05, 0.1) is 5.75 Å². The first-order valence-corrected chi connectivity index (χ1v) is 11.2. The Bertz CT molecular complexity index is 938. The molecule has 2 N–H and O–H groups in total. The molecular formula is C21H26N2O5S. The van der Waals surface area contributed by atoms with Gasteiger partial charge in [0.25, 0.3) is 0 Å². The fourth-order valence-electron chi connectivity index (χ4n) is 2.78. The summed E-state index contributed by atoms with van der Waals surface area (Å²) in [4.78, 5) is 24.8. The van der Waals surface area contributed by atoms with Gasteiger partial charge in [-0.05, 0) is 49.1 Å². The van der Waals surface area contributed by atoms with Crippen LogP contribution in [0.15, 0.2) is 48.5 Å². The molecule has 0 aliphatic carbocycles. The van der Waals surface area contributed by atoms with Crippen molar-refractivity contribution in [2.45, 2.75) is 32.9 Å². The molecule has 0 heterocycles. The van der Waals surface area contributed by atoms with Crippen molar-refractivity contribution < 1.29 is 22.7 Å². The van der Waals surface area contributed by atoms with Crippen LogP contribution in [0.4, 0.5) is 10.5 Å². The van der Waals surface area contributed by atoms with Gasteiger partial charge in [0.1, 0.15) is 22.5 Å². The number of sulfone groups is 1. The van der Waals surface area contributed by atoms with E-state index < -0.39 is 27.9 Å². The number of amides is 2. The van der Waals surface area contributed by atoms with Gasteiger partial charge in [-0.15, -0.1) is 0 Å². The van der Waals surface area contributed by atoms with Crippen molar-refractivity contribution in [1.82, 2.24) is 5.32 Å². The molecule has 2 rings (SSSR count). The molecule has 156 valence electrons. The first kappa shape index (κ1) is 22.4. The Morgan fingerprint density at radius 2 is 1.66 bits per heavy atom. The Balaban J connectivity index is 2.04. The lowest BCUT2D eigenvalue weighted by atomic mass is 10.1. The second-order valence-electron chi connectivity index (χ2n) is 7.04. The Hall–Kier alpha value is -2.87. The van der Waals surface area contributed by atoms with Gasteiger partial charge in [0, 0.05) is 11.9 Å². The zero-order valence-corrected chi connectivity index (χ0v) is 17.6. The van der Waals surface area contributed by atoms with Crippen LogP contribution in [0.3, 0.4) is 0 Å². The molecule has 0 unspecified atom stereocenters. The molecule has 29 heavy (non-hydrogen) atoms. The summed E-state index contributed by atoms with van der Waals surface area (Å²) in [6.45, 7) is 3.86. The van der Waals surface area contributed by atoms with Gasteiger partial charge in [-0.25, -0.2) is 13.2 Å². The zero-order valence-electron chi connectivity index (χ0n) is 16.8. The summed E-state index contributed by atoms with van der Waals surface area (Å²) < 4.78 is 28.2. The van der Waals surface area contributed by atoms with E-state index in [9.17, 15) is 18.0 Å². The molecule has 0 bridgehead atoms. The molecule has 8 heteroatoms. The quantitative estimate of drug-likeness (QED) is 0.686. The highest BCUT2D eigenvalue weighted by atomic mass is 32.2. The first-order chi connectivity index (χ1) is 13.6. The van der Waals surface area contributed by atoms with Gasteiger partial charge in [0.2, 0.25) is 5.91 Å². The van der Waals surface area contributed by atoms with E-state index in [0.29, 0.717) is 5.69 Å². The second kappa shape index (κ2) is 10.1. The van der Waals surface area contributed by atoms with Crippen LogP contribution in [0.2, 0.25) is 0 Å². The van der Waals surface area contributed by atoms with E-state index in [1.165, 1.54) is 0 Å². The molecule has 0 radical (unpaired) electrons. The smallest absolute Gasteiger partial charge is 0.408 e. The van der Waals surface area contributed by atoms with Gasteiger partial charge in [-0.2, -0.15) is 0 Å². The van der Waals surface area contributed by atoms with Crippen LogP contribution in [-0.2, 0) is 26.0 Å². The van der Waals surface area contributed by atoms with Crippen molar-refractivity contribution in [3.05, 3.63) is 65.2 Å². The number of rotatable bonds is 8. The zero-order chi connectivity index (χ0) is 21.4.